The number of imidazole rings is 1. The molecular weight excluding hydrogens is 260 g/mol. The Balaban J connectivity index is 1.99. The van der Waals surface area contributed by atoms with E-state index in [1.165, 1.54) is 0 Å². The summed E-state index contributed by atoms with van der Waals surface area (Å²) < 4.78 is 2.01. The van der Waals surface area contributed by atoms with E-state index in [9.17, 15) is 4.79 Å². The molecule has 6 heteroatoms. The highest BCUT2D eigenvalue weighted by Gasteiger charge is 2.30. The Labute approximate surface area is 118 Å². The van der Waals surface area contributed by atoms with E-state index in [-0.39, 0.29) is 23.4 Å². The summed E-state index contributed by atoms with van der Waals surface area (Å²) in [5, 5.41) is 6.38. The number of amides is 1. The van der Waals surface area contributed by atoms with Crippen molar-refractivity contribution < 1.29 is 4.79 Å². The van der Waals surface area contributed by atoms with Crippen LogP contribution in [0.2, 0.25) is 0 Å². The van der Waals surface area contributed by atoms with Crippen molar-refractivity contribution in [3.8, 4) is 0 Å². The first-order chi connectivity index (χ1) is 8.97. The molecule has 1 aromatic heterocycles. The molecule has 2 atom stereocenters. The lowest BCUT2D eigenvalue weighted by atomic mass is 9.86. The molecule has 1 saturated heterocycles. The Kier molecular flexibility index (Phi) is 4.52. The number of rotatable bonds is 4. The van der Waals surface area contributed by atoms with Crippen LogP contribution >= 0.6 is 11.8 Å². The molecule has 2 rings (SSSR count). The second-order valence-corrected chi connectivity index (χ2v) is 6.99. The van der Waals surface area contributed by atoms with Crippen LogP contribution in [-0.2, 0) is 11.3 Å². The van der Waals surface area contributed by atoms with Gasteiger partial charge in [-0.1, -0.05) is 20.8 Å². The fourth-order valence-corrected chi connectivity index (χ4v) is 2.92. The van der Waals surface area contributed by atoms with Crippen molar-refractivity contribution in [3.63, 3.8) is 0 Å². The lowest BCUT2D eigenvalue weighted by molar-refractivity contribution is -0.124. The third-order valence-electron chi connectivity index (χ3n) is 3.35. The molecule has 2 heterocycles. The van der Waals surface area contributed by atoms with Gasteiger partial charge in [0.25, 0.3) is 0 Å². The first-order valence-electron chi connectivity index (χ1n) is 6.54. The highest BCUT2D eigenvalue weighted by Crippen LogP contribution is 2.21. The Hall–Kier alpha value is -1.01. The fourth-order valence-electron chi connectivity index (χ4n) is 1.98. The number of nitrogens with one attached hydrogen (secondary N) is 2. The fraction of sp³-hybridized carbons (Fsp3) is 0.692. The van der Waals surface area contributed by atoms with Gasteiger partial charge in [-0.15, -0.1) is 11.8 Å². The Bertz CT molecular complexity index is 407. The monoisotopic (exact) mass is 282 g/mol. The zero-order valence-corrected chi connectivity index (χ0v) is 12.5. The molecule has 1 aromatic rings. The van der Waals surface area contributed by atoms with Crippen LogP contribution in [0.3, 0.4) is 0 Å². The van der Waals surface area contributed by atoms with E-state index in [2.05, 4.69) is 36.4 Å². The van der Waals surface area contributed by atoms with Crippen molar-refractivity contribution >= 4 is 17.7 Å². The SMILES string of the molecule is CC(C)(C)C(Cn1ccnc1)NC(=O)C1CSCN1. The number of hydrogen-bond donors (Lipinski definition) is 2. The molecule has 1 aliphatic heterocycles. The van der Waals surface area contributed by atoms with E-state index < -0.39 is 0 Å². The normalized spacial score (nSPS) is 21.3. The molecule has 1 aliphatic rings. The summed E-state index contributed by atoms with van der Waals surface area (Å²) >= 11 is 1.76. The second-order valence-electron chi connectivity index (χ2n) is 5.96. The number of carbonyl (C=O) groups excluding carboxylic acids is 1. The molecule has 0 bridgehead atoms. The van der Waals surface area contributed by atoms with Gasteiger partial charge < -0.3 is 9.88 Å². The van der Waals surface area contributed by atoms with Crippen LogP contribution in [0, 0.1) is 5.41 Å². The van der Waals surface area contributed by atoms with Gasteiger partial charge in [-0.05, 0) is 5.41 Å². The zero-order valence-electron chi connectivity index (χ0n) is 11.7. The first kappa shape index (κ1) is 14.4. The van der Waals surface area contributed by atoms with Crippen LogP contribution in [0.15, 0.2) is 18.7 Å². The van der Waals surface area contributed by atoms with Gasteiger partial charge in [0.2, 0.25) is 5.91 Å². The van der Waals surface area contributed by atoms with E-state index in [4.69, 9.17) is 0 Å². The summed E-state index contributed by atoms with van der Waals surface area (Å²) in [6.07, 6.45) is 5.47. The molecule has 0 radical (unpaired) electrons. The summed E-state index contributed by atoms with van der Waals surface area (Å²) in [5.41, 5.74) is 0.00563. The van der Waals surface area contributed by atoms with Crippen LogP contribution in [0.5, 0.6) is 0 Å². The van der Waals surface area contributed by atoms with Crippen LogP contribution < -0.4 is 10.6 Å². The minimum atomic E-state index is -0.0577. The van der Waals surface area contributed by atoms with Gasteiger partial charge in [-0.3, -0.25) is 10.1 Å². The van der Waals surface area contributed by atoms with E-state index in [0.717, 1.165) is 18.2 Å². The van der Waals surface area contributed by atoms with Gasteiger partial charge in [0, 0.05) is 30.6 Å². The molecule has 0 spiro atoms. The smallest absolute Gasteiger partial charge is 0.238 e. The summed E-state index contributed by atoms with van der Waals surface area (Å²) in [6, 6.07) is 0.0271. The average Bonchev–Trinajstić information content (AvgIpc) is 2.99. The molecule has 19 heavy (non-hydrogen) atoms. The summed E-state index contributed by atoms with van der Waals surface area (Å²) in [7, 11) is 0. The molecule has 1 amide bonds. The average molecular weight is 282 g/mol. The Morgan fingerprint density at radius 3 is 2.95 bits per heavy atom. The van der Waals surface area contributed by atoms with Crippen LogP contribution in [0.25, 0.3) is 0 Å². The van der Waals surface area contributed by atoms with Gasteiger partial charge in [0.15, 0.2) is 0 Å². The van der Waals surface area contributed by atoms with Gasteiger partial charge in [-0.2, -0.15) is 0 Å². The third kappa shape index (κ3) is 3.98. The topological polar surface area (TPSA) is 59.0 Å². The number of hydrogen-bond acceptors (Lipinski definition) is 4. The summed E-state index contributed by atoms with van der Waals surface area (Å²) in [4.78, 5) is 16.3. The van der Waals surface area contributed by atoms with Gasteiger partial charge >= 0.3 is 0 Å². The number of thioether (sulfide) groups is 1. The zero-order chi connectivity index (χ0) is 13.9. The maximum absolute atomic E-state index is 12.2. The van der Waals surface area contributed by atoms with Crippen molar-refractivity contribution in [2.45, 2.75) is 39.4 Å². The third-order valence-corrected chi connectivity index (χ3v) is 4.29. The standard InChI is InChI=1S/C13H22N4OS/c1-13(2,3)11(6-17-5-4-14-8-17)16-12(18)10-7-19-9-15-10/h4-5,8,10-11,15H,6-7,9H2,1-3H3,(H,16,18). The van der Waals surface area contributed by atoms with Crippen LogP contribution in [0.4, 0.5) is 0 Å². The lowest BCUT2D eigenvalue weighted by Gasteiger charge is -2.32. The molecule has 106 valence electrons. The molecule has 2 unspecified atom stereocenters. The van der Waals surface area contributed by atoms with E-state index in [0.29, 0.717) is 0 Å². The summed E-state index contributed by atoms with van der Waals surface area (Å²) in [6.45, 7) is 7.18. The number of carbonyl (C=O) groups is 1. The lowest BCUT2D eigenvalue weighted by Crippen LogP contribution is -2.52. The highest BCUT2D eigenvalue weighted by molar-refractivity contribution is 7.99. The first-order valence-corrected chi connectivity index (χ1v) is 7.69. The molecule has 2 N–H and O–H groups in total. The predicted molar refractivity (Wildman–Crippen MR) is 77.9 cm³/mol. The van der Waals surface area contributed by atoms with E-state index in [1.54, 1.807) is 24.3 Å². The maximum Gasteiger partial charge on any atom is 0.238 e. The van der Waals surface area contributed by atoms with Gasteiger partial charge in [0.05, 0.1) is 18.4 Å². The van der Waals surface area contributed by atoms with Crippen molar-refractivity contribution in [1.29, 1.82) is 0 Å². The summed E-state index contributed by atoms with van der Waals surface area (Å²) in [5.74, 6) is 1.82. The van der Waals surface area contributed by atoms with E-state index >= 15 is 0 Å². The van der Waals surface area contributed by atoms with Crippen molar-refractivity contribution in [2.75, 3.05) is 11.6 Å². The van der Waals surface area contributed by atoms with Gasteiger partial charge in [0.1, 0.15) is 0 Å². The Morgan fingerprint density at radius 2 is 2.42 bits per heavy atom. The quantitative estimate of drug-likeness (QED) is 0.867. The Morgan fingerprint density at radius 1 is 1.63 bits per heavy atom. The molecule has 0 aliphatic carbocycles. The maximum atomic E-state index is 12.2. The van der Waals surface area contributed by atoms with Crippen molar-refractivity contribution in [3.05, 3.63) is 18.7 Å². The van der Waals surface area contributed by atoms with Crippen LogP contribution in [-0.4, -0.2) is 39.2 Å². The van der Waals surface area contributed by atoms with Crippen LogP contribution in [0.1, 0.15) is 20.8 Å². The molecule has 0 saturated carbocycles. The number of nitrogens with zero attached hydrogens (tertiary/aromatic N) is 2. The number of aromatic nitrogens is 2. The van der Waals surface area contributed by atoms with Crippen molar-refractivity contribution in [2.24, 2.45) is 5.41 Å². The molecule has 0 aromatic carbocycles. The predicted octanol–water partition coefficient (Wildman–Crippen LogP) is 1.08. The minimum absolute atomic E-state index is 0.00563. The molecule has 5 nitrogen and oxygen atoms in total. The minimum Gasteiger partial charge on any atom is -0.350 e. The second kappa shape index (κ2) is 5.96. The molecule has 1 fully saturated rings. The van der Waals surface area contributed by atoms with E-state index in [1.807, 2.05) is 10.8 Å². The highest BCUT2D eigenvalue weighted by atomic mass is 32.2. The largest absolute Gasteiger partial charge is 0.350 e. The molecular formula is C13H22N4OS. The van der Waals surface area contributed by atoms with Gasteiger partial charge in [-0.25, -0.2) is 4.98 Å². The van der Waals surface area contributed by atoms with Crippen molar-refractivity contribution in [1.82, 2.24) is 20.2 Å².